The second kappa shape index (κ2) is 11.1. The number of carboxylic acids is 1. The van der Waals surface area contributed by atoms with E-state index < -0.39 is 23.9 Å². The fourth-order valence-corrected chi connectivity index (χ4v) is 2.08. The van der Waals surface area contributed by atoms with E-state index in [-0.39, 0.29) is 28.4 Å². The minimum Gasteiger partial charge on any atom is -0.508 e. The first-order chi connectivity index (χ1) is 14.0. The maximum Gasteiger partial charge on any atom is 0.338 e. The number of ether oxygens (including phenoxy) is 4. The van der Waals surface area contributed by atoms with Crippen LogP contribution in [-0.4, -0.2) is 48.3 Å². The molecule has 0 aliphatic heterocycles. The van der Waals surface area contributed by atoms with Gasteiger partial charge in [0.25, 0.3) is 0 Å². The van der Waals surface area contributed by atoms with Gasteiger partial charge in [0.1, 0.15) is 23.0 Å². The second-order valence-corrected chi connectivity index (χ2v) is 5.60. The van der Waals surface area contributed by atoms with Gasteiger partial charge in [0, 0.05) is 26.0 Å². The monoisotopic (exact) mass is 420 g/mol. The maximum absolute atomic E-state index is 11.3. The number of carbonyl (C=O) groups excluding carboxylic acids is 3. The molecule has 0 heterocycles. The van der Waals surface area contributed by atoms with Gasteiger partial charge < -0.3 is 29.2 Å². The van der Waals surface area contributed by atoms with Crippen LogP contribution in [0.15, 0.2) is 36.4 Å². The lowest BCUT2D eigenvalue weighted by Crippen LogP contribution is -2.05. The summed E-state index contributed by atoms with van der Waals surface area (Å²) >= 11 is 0. The molecule has 0 aliphatic carbocycles. The zero-order valence-corrected chi connectivity index (χ0v) is 16.6. The highest BCUT2D eigenvalue weighted by Crippen LogP contribution is 2.23. The van der Waals surface area contributed by atoms with E-state index in [1.807, 2.05) is 0 Å². The Morgan fingerprint density at radius 1 is 0.733 bits per heavy atom. The van der Waals surface area contributed by atoms with Gasteiger partial charge in [0.2, 0.25) is 0 Å². The second-order valence-electron chi connectivity index (χ2n) is 5.60. The van der Waals surface area contributed by atoms with Crippen LogP contribution in [0, 0.1) is 0 Å². The van der Waals surface area contributed by atoms with Crippen LogP contribution in [0.25, 0.3) is 0 Å². The van der Waals surface area contributed by atoms with Gasteiger partial charge in [-0.15, -0.1) is 0 Å². The summed E-state index contributed by atoms with van der Waals surface area (Å²) in [4.78, 5) is 43.2. The molecule has 0 radical (unpaired) electrons. The molecule has 160 valence electrons. The summed E-state index contributed by atoms with van der Waals surface area (Å²) in [7, 11) is 2.72. The predicted octanol–water partition coefficient (Wildman–Crippen LogP) is 2.42. The fraction of sp³-hybridized carbons (Fsp3) is 0.200. The number of esters is 3. The molecule has 0 fully saturated rings. The molecule has 0 amide bonds. The van der Waals surface area contributed by atoms with Crippen LogP contribution in [0.4, 0.5) is 0 Å². The van der Waals surface area contributed by atoms with Crippen molar-refractivity contribution >= 4 is 23.9 Å². The molecule has 2 aromatic rings. The number of phenols is 1. The molecular formula is C20H20O10. The van der Waals surface area contributed by atoms with Crippen LogP contribution in [-0.2, 0) is 14.3 Å². The van der Waals surface area contributed by atoms with Crippen molar-refractivity contribution in [3.05, 3.63) is 47.5 Å². The third-order valence-electron chi connectivity index (χ3n) is 3.20. The molecule has 0 saturated carbocycles. The number of benzene rings is 2. The smallest absolute Gasteiger partial charge is 0.338 e. The molecule has 0 unspecified atom stereocenters. The van der Waals surface area contributed by atoms with Gasteiger partial charge >= 0.3 is 23.9 Å². The Bertz CT molecular complexity index is 949. The van der Waals surface area contributed by atoms with E-state index in [1.54, 1.807) is 0 Å². The summed E-state index contributed by atoms with van der Waals surface area (Å²) in [5.41, 5.74) is 0.124. The van der Waals surface area contributed by atoms with E-state index in [1.165, 1.54) is 46.3 Å². The number of carbonyl (C=O) groups is 4. The summed E-state index contributed by atoms with van der Waals surface area (Å²) in [5.74, 6) is -2.36. The van der Waals surface area contributed by atoms with Crippen molar-refractivity contribution in [3.8, 4) is 23.0 Å². The molecule has 0 aliphatic rings. The van der Waals surface area contributed by atoms with E-state index in [4.69, 9.17) is 19.7 Å². The Morgan fingerprint density at radius 2 is 1.23 bits per heavy atom. The fourth-order valence-electron chi connectivity index (χ4n) is 2.08. The van der Waals surface area contributed by atoms with Crippen LogP contribution >= 0.6 is 0 Å². The van der Waals surface area contributed by atoms with Crippen molar-refractivity contribution in [1.29, 1.82) is 0 Å². The summed E-state index contributed by atoms with van der Waals surface area (Å²) in [6, 6.07) is 7.80. The molecule has 0 atom stereocenters. The molecule has 2 aromatic carbocycles. The number of hydrogen-bond acceptors (Lipinski definition) is 9. The SMILES string of the molecule is CC(=O)Oc1cc(O)cc(C(=O)O)c1.COC(=O)c1cc(OC)cc(OC(C)=O)c1. The van der Waals surface area contributed by atoms with E-state index in [9.17, 15) is 19.2 Å². The van der Waals surface area contributed by atoms with Crippen molar-refractivity contribution in [1.82, 2.24) is 0 Å². The van der Waals surface area contributed by atoms with Crippen LogP contribution in [0.5, 0.6) is 23.0 Å². The zero-order chi connectivity index (χ0) is 22.8. The zero-order valence-electron chi connectivity index (χ0n) is 16.6. The molecule has 2 rings (SSSR count). The van der Waals surface area contributed by atoms with Crippen LogP contribution in [0.1, 0.15) is 34.6 Å². The highest BCUT2D eigenvalue weighted by molar-refractivity contribution is 5.90. The first kappa shape index (κ1) is 24.0. The largest absolute Gasteiger partial charge is 0.508 e. The van der Waals surface area contributed by atoms with Gasteiger partial charge in [0.15, 0.2) is 0 Å². The normalized spacial score (nSPS) is 9.47. The Labute approximate surface area is 171 Å². The quantitative estimate of drug-likeness (QED) is 0.546. The third kappa shape index (κ3) is 7.89. The Hall–Kier alpha value is -4.08. The number of methoxy groups -OCH3 is 2. The molecule has 0 aromatic heterocycles. The van der Waals surface area contributed by atoms with Crippen LogP contribution in [0.3, 0.4) is 0 Å². The van der Waals surface area contributed by atoms with Crippen molar-refractivity contribution in [2.24, 2.45) is 0 Å². The lowest BCUT2D eigenvalue weighted by atomic mass is 10.2. The van der Waals surface area contributed by atoms with Crippen molar-refractivity contribution in [3.63, 3.8) is 0 Å². The number of aromatic carboxylic acids is 1. The maximum atomic E-state index is 11.3. The van der Waals surface area contributed by atoms with Gasteiger partial charge in [-0.25, -0.2) is 9.59 Å². The van der Waals surface area contributed by atoms with Gasteiger partial charge in [0.05, 0.1) is 25.3 Å². The summed E-state index contributed by atoms with van der Waals surface area (Å²) < 4.78 is 19.0. The summed E-state index contributed by atoms with van der Waals surface area (Å²) in [5, 5.41) is 17.7. The van der Waals surface area contributed by atoms with Gasteiger partial charge in [-0.2, -0.15) is 0 Å². The van der Waals surface area contributed by atoms with Gasteiger partial charge in [-0.05, 0) is 24.3 Å². The average Bonchev–Trinajstić information content (AvgIpc) is 2.65. The minimum absolute atomic E-state index is 0.00917. The first-order valence-corrected chi connectivity index (χ1v) is 8.27. The number of hydrogen-bond donors (Lipinski definition) is 2. The van der Waals surface area contributed by atoms with Crippen LogP contribution in [0.2, 0.25) is 0 Å². The number of aromatic hydroxyl groups is 1. The van der Waals surface area contributed by atoms with Crippen molar-refractivity contribution in [2.75, 3.05) is 14.2 Å². The lowest BCUT2D eigenvalue weighted by Gasteiger charge is -2.07. The van der Waals surface area contributed by atoms with E-state index in [2.05, 4.69) is 9.47 Å². The third-order valence-corrected chi connectivity index (χ3v) is 3.20. The minimum atomic E-state index is -1.20. The number of phenolic OH excluding ortho intramolecular Hbond substituents is 1. The average molecular weight is 420 g/mol. The first-order valence-electron chi connectivity index (χ1n) is 8.27. The van der Waals surface area contributed by atoms with E-state index >= 15 is 0 Å². The molecular weight excluding hydrogens is 400 g/mol. The van der Waals surface area contributed by atoms with Crippen molar-refractivity contribution in [2.45, 2.75) is 13.8 Å². The Morgan fingerprint density at radius 3 is 1.70 bits per heavy atom. The predicted molar refractivity (Wildman–Crippen MR) is 102 cm³/mol. The molecule has 0 bridgehead atoms. The number of carboxylic acid groups (broad SMARTS) is 1. The van der Waals surface area contributed by atoms with E-state index in [0.29, 0.717) is 5.75 Å². The molecule has 10 nitrogen and oxygen atoms in total. The molecule has 2 N–H and O–H groups in total. The molecule has 0 saturated heterocycles. The molecule has 10 heteroatoms. The molecule has 0 spiro atoms. The summed E-state index contributed by atoms with van der Waals surface area (Å²) in [6.45, 7) is 2.46. The van der Waals surface area contributed by atoms with Crippen LogP contribution < -0.4 is 14.2 Å². The van der Waals surface area contributed by atoms with Gasteiger partial charge in [-0.1, -0.05) is 0 Å². The van der Waals surface area contributed by atoms with Crippen molar-refractivity contribution < 1.29 is 48.3 Å². The lowest BCUT2D eigenvalue weighted by molar-refractivity contribution is -0.132. The Kier molecular flexibility index (Phi) is 8.83. The van der Waals surface area contributed by atoms with E-state index in [0.717, 1.165) is 18.2 Å². The summed E-state index contributed by atoms with van der Waals surface area (Å²) in [6.07, 6.45) is 0. The highest BCUT2D eigenvalue weighted by atomic mass is 16.5. The highest BCUT2D eigenvalue weighted by Gasteiger charge is 2.11. The molecule has 30 heavy (non-hydrogen) atoms. The topological polar surface area (TPSA) is 146 Å². The number of rotatable bonds is 5. The van der Waals surface area contributed by atoms with Gasteiger partial charge in [-0.3, -0.25) is 9.59 Å². The standard InChI is InChI=1S/C11H12O5.C9H8O5/c1-7(12)16-10-5-8(11(13)15-3)4-9(6-10)14-2;1-5(10)14-8-3-6(9(12)13)2-7(11)4-8/h4-6H,1-3H3;2-4,11H,1H3,(H,12,13). The Balaban J connectivity index is 0.000000303.